The fourth-order valence-corrected chi connectivity index (χ4v) is 2.82. The number of nitrogen functional groups attached to an aromatic ring is 1. The van der Waals surface area contributed by atoms with Crippen LogP contribution >= 0.6 is 11.8 Å². The minimum Gasteiger partial charge on any atom is -0.399 e. The number of nitriles is 1. The number of anilines is 2. The van der Waals surface area contributed by atoms with Crippen LogP contribution in [0.1, 0.15) is 13.3 Å². The summed E-state index contributed by atoms with van der Waals surface area (Å²) in [6, 6.07) is 7.81. The van der Waals surface area contributed by atoms with Crippen LogP contribution in [0.25, 0.3) is 0 Å². The van der Waals surface area contributed by atoms with Gasteiger partial charge in [-0.15, -0.1) is 11.8 Å². The Balaban J connectivity index is 2.33. The van der Waals surface area contributed by atoms with Crippen molar-refractivity contribution in [3.63, 3.8) is 0 Å². The monoisotopic (exact) mass is 261 g/mol. The van der Waals surface area contributed by atoms with Crippen molar-refractivity contribution >= 4 is 29.0 Å². The molecule has 0 spiro atoms. The van der Waals surface area contributed by atoms with Gasteiger partial charge in [0.1, 0.15) is 0 Å². The lowest BCUT2D eigenvalue weighted by Crippen LogP contribution is -2.38. The second-order valence-electron chi connectivity index (χ2n) is 4.25. The molecule has 1 heterocycles. The number of carbonyl (C=O) groups is 1. The largest absolute Gasteiger partial charge is 0.399 e. The van der Waals surface area contributed by atoms with Gasteiger partial charge in [-0.2, -0.15) is 5.26 Å². The van der Waals surface area contributed by atoms with Gasteiger partial charge in [0.2, 0.25) is 5.91 Å². The van der Waals surface area contributed by atoms with Crippen molar-refractivity contribution in [2.45, 2.75) is 18.2 Å². The van der Waals surface area contributed by atoms with E-state index < -0.39 is 0 Å². The zero-order valence-corrected chi connectivity index (χ0v) is 11.0. The minimum absolute atomic E-state index is 0.0480. The molecule has 1 aliphatic rings. The molecule has 1 amide bonds. The van der Waals surface area contributed by atoms with Gasteiger partial charge in [-0.25, -0.2) is 0 Å². The van der Waals surface area contributed by atoms with Crippen molar-refractivity contribution in [1.82, 2.24) is 0 Å². The molecule has 4 nitrogen and oxygen atoms in total. The average molecular weight is 261 g/mol. The molecule has 0 aromatic heterocycles. The molecule has 1 aromatic rings. The third-order valence-electron chi connectivity index (χ3n) is 3.00. The van der Waals surface area contributed by atoms with Crippen LogP contribution in [0.4, 0.5) is 11.4 Å². The van der Waals surface area contributed by atoms with Crippen molar-refractivity contribution in [3.8, 4) is 6.07 Å². The summed E-state index contributed by atoms with van der Waals surface area (Å²) in [7, 11) is 0. The van der Waals surface area contributed by atoms with Crippen molar-refractivity contribution in [2.75, 3.05) is 22.9 Å². The zero-order chi connectivity index (χ0) is 13.1. The molecule has 0 radical (unpaired) electrons. The number of carbonyl (C=O) groups excluding carboxylic acids is 1. The summed E-state index contributed by atoms with van der Waals surface area (Å²) in [5.41, 5.74) is 7.25. The summed E-state index contributed by atoms with van der Waals surface area (Å²) in [6.07, 6.45) is 0.741. The van der Waals surface area contributed by atoms with Crippen molar-refractivity contribution in [2.24, 2.45) is 5.92 Å². The first kappa shape index (κ1) is 12.8. The maximum atomic E-state index is 12.0. The lowest BCUT2D eigenvalue weighted by atomic mass is 10.1. The van der Waals surface area contributed by atoms with Gasteiger partial charge in [0, 0.05) is 17.1 Å². The maximum Gasteiger partial charge on any atom is 0.237 e. The lowest BCUT2D eigenvalue weighted by Gasteiger charge is -2.30. The topological polar surface area (TPSA) is 70.1 Å². The first-order chi connectivity index (χ1) is 8.65. The third kappa shape index (κ3) is 2.44. The van der Waals surface area contributed by atoms with Crippen molar-refractivity contribution in [3.05, 3.63) is 18.2 Å². The molecular formula is C13H15N3OS. The molecular weight excluding hydrogens is 246 g/mol. The predicted molar refractivity (Wildman–Crippen MR) is 73.3 cm³/mol. The van der Waals surface area contributed by atoms with E-state index in [-0.39, 0.29) is 11.8 Å². The molecule has 2 rings (SSSR count). The Morgan fingerprint density at radius 2 is 2.39 bits per heavy atom. The van der Waals surface area contributed by atoms with Crippen LogP contribution in [0, 0.1) is 17.2 Å². The van der Waals surface area contributed by atoms with Gasteiger partial charge in [0.05, 0.1) is 23.4 Å². The van der Waals surface area contributed by atoms with Crippen LogP contribution in [0.15, 0.2) is 23.1 Å². The summed E-state index contributed by atoms with van der Waals surface area (Å²) in [5.74, 6) is 0.344. The molecule has 0 aliphatic carbocycles. The standard InChI is InChI=1S/C13H15N3OS/c1-2-9(6-14)7-16-11-5-10(15)3-4-12(11)18-8-13(16)17/h3-5,9H,2,7-8,15H2,1H3. The van der Waals surface area contributed by atoms with E-state index in [1.807, 2.05) is 25.1 Å². The SMILES string of the molecule is CCC(C#N)CN1C(=O)CSc2ccc(N)cc21. The van der Waals surface area contributed by atoms with E-state index >= 15 is 0 Å². The molecule has 1 aliphatic heterocycles. The number of rotatable bonds is 3. The second kappa shape index (κ2) is 5.32. The highest BCUT2D eigenvalue weighted by Gasteiger charge is 2.26. The molecule has 0 bridgehead atoms. The van der Waals surface area contributed by atoms with Crippen molar-refractivity contribution in [1.29, 1.82) is 5.26 Å². The lowest BCUT2D eigenvalue weighted by molar-refractivity contribution is -0.116. The smallest absolute Gasteiger partial charge is 0.237 e. The maximum absolute atomic E-state index is 12.0. The van der Waals surface area contributed by atoms with Crippen LogP contribution in [0.3, 0.4) is 0 Å². The summed E-state index contributed by atoms with van der Waals surface area (Å²) < 4.78 is 0. The van der Waals surface area contributed by atoms with Gasteiger partial charge < -0.3 is 10.6 Å². The van der Waals surface area contributed by atoms with Crippen LogP contribution in [-0.4, -0.2) is 18.2 Å². The number of hydrogen-bond acceptors (Lipinski definition) is 4. The Kier molecular flexibility index (Phi) is 3.78. The second-order valence-corrected chi connectivity index (χ2v) is 5.27. The van der Waals surface area contributed by atoms with E-state index in [4.69, 9.17) is 11.0 Å². The highest BCUT2D eigenvalue weighted by molar-refractivity contribution is 8.00. The number of thioether (sulfide) groups is 1. The fourth-order valence-electron chi connectivity index (χ4n) is 1.90. The van der Waals surface area contributed by atoms with Crippen LogP contribution in [0.5, 0.6) is 0 Å². The summed E-state index contributed by atoms with van der Waals surface area (Å²) in [6.45, 7) is 2.40. The number of hydrogen-bond donors (Lipinski definition) is 1. The Hall–Kier alpha value is -1.67. The molecule has 5 heteroatoms. The first-order valence-electron chi connectivity index (χ1n) is 5.88. The van der Waals surface area contributed by atoms with Gasteiger partial charge in [-0.05, 0) is 24.6 Å². The number of benzene rings is 1. The molecule has 1 unspecified atom stereocenters. The Morgan fingerprint density at radius 3 is 3.06 bits per heavy atom. The molecule has 94 valence electrons. The van der Waals surface area contributed by atoms with E-state index in [2.05, 4.69) is 6.07 Å². The molecule has 2 N–H and O–H groups in total. The highest BCUT2D eigenvalue weighted by Crippen LogP contribution is 2.37. The number of fused-ring (bicyclic) bond motifs is 1. The number of nitrogens with zero attached hydrogens (tertiary/aromatic N) is 2. The third-order valence-corrected chi connectivity index (χ3v) is 4.05. The van der Waals surface area contributed by atoms with Crippen LogP contribution < -0.4 is 10.6 Å². The molecule has 1 aromatic carbocycles. The van der Waals surface area contributed by atoms with Crippen molar-refractivity contribution < 1.29 is 4.79 Å². The Bertz CT molecular complexity index is 509. The Morgan fingerprint density at radius 1 is 1.61 bits per heavy atom. The number of amides is 1. The fraction of sp³-hybridized carbons (Fsp3) is 0.385. The van der Waals surface area contributed by atoms with E-state index in [1.54, 1.807) is 4.90 Å². The zero-order valence-electron chi connectivity index (χ0n) is 10.2. The summed E-state index contributed by atoms with van der Waals surface area (Å²) >= 11 is 1.52. The quantitative estimate of drug-likeness (QED) is 0.847. The van der Waals surface area contributed by atoms with E-state index in [9.17, 15) is 4.79 Å². The van der Waals surface area contributed by atoms with Gasteiger partial charge in [-0.3, -0.25) is 4.79 Å². The molecule has 1 atom stereocenters. The van der Waals surface area contributed by atoms with Crippen LogP contribution in [0.2, 0.25) is 0 Å². The van der Waals surface area contributed by atoms with E-state index in [0.29, 0.717) is 18.0 Å². The van der Waals surface area contributed by atoms with Gasteiger partial charge >= 0.3 is 0 Å². The van der Waals surface area contributed by atoms with Gasteiger partial charge in [0.25, 0.3) is 0 Å². The Labute approximate surface area is 111 Å². The normalized spacial score (nSPS) is 16.0. The summed E-state index contributed by atoms with van der Waals surface area (Å²) in [5, 5.41) is 9.03. The molecule has 0 saturated carbocycles. The predicted octanol–water partition coefficient (Wildman–Crippen LogP) is 2.26. The first-order valence-corrected chi connectivity index (χ1v) is 6.86. The minimum atomic E-state index is -0.133. The molecule has 0 fully saturated rings. The molecule has 0 saturated heterocycles. The number of nitrogens with two attached hydrogens (primary N) is 1. The van der Waals surface area contributed by atoms with Gasteiger partial charge in [-0.1, -0.05) is 6.92 Å². The average Bonchev–Trinajstić information content (AvgIpc) is 2.38. The van der Waals surface area contributed by atoms with E-state index in [0.717, 1.165) is 17.0 Å². The van der Waals surface area contributed by atoms with E-state index in [1.165, 1.54) is 11.8 Å². The van der Waals surface area contributed by atoms with Gasteiger partial charge in [0.15, 0.2) is 0 Å². The van der Waals surface area contributed by atoms with Crippen LogP contribution in [-0.2, 0) is 4.79 Å². The molecule has 18 heavy (non-hydrogen) atoms. The highest BCUT2D eigenvalue weighted by atomic mass is 32.2. The summed E-state index contributed by atoms with van der Waals surface area (Å²) in [4.78, 5) is 14.7.